The molecule has 0 aliphatic rings. The van der Waals surface area contributed by atoms with Crippen LogP contribution >= 0.6 is 0 Å². The lowest BCUT2D eigenvalue weighted by Gasteiger charge is -2.32. The molecule has 2 aromatic carbocycles. The average molecular weight is 425 g/mol. The van der Waals surface area contributed by atoms with Gasteiger partial charge in [0.25, 0.3) is 5.97 Å². The Labute approximate surface area is 174 Å². The minimum atomic E-state index is -3.73. The second kappa shape index (κ2) is 10.4. The average Bonchev–Trinajstić information content (AvgIpc) is 2.67. The minimum absolute atomic E-state index is 0.117. The van der Waals surface area contributed by atoms with E-state index in [1.54, 1.807) is 12.1 Å². The van der Waals surface area contributed by atoms with E-state index < -0.39 is 16.0 Å². The molecule has 7 nitrogen and oxygen atoms in total. The van der Waals surface area contributed by atoms with Crippen molar-refractivity contribution >= 4 is 26.5 Å². The predicted octanol–water partition coefficient (Wildman–Crippen LogP) is 3.34. The molecule has 0 radical (unpaired) electrons. The van der Waals surface area contributed by atoms with E-state index in [-0.39, 0.29) is 17.9 Å². The Kier molecular flexibility index (Phi) is 8.42. The van der Waals surface area contributed by atoms with Crippen LogP contribution in [0.1, 0.15) is 27.2 Å². The summed E-state index contributed by atoms with van der Waals surface area (Å²) in [6.07, 6.45) is 0.232. The highest BCUT2D eigenvalue weighted by molar-refractivity contribution is 7.89. The Morgan fingerprint density at radius 2 is 1.45 bits per heavy atom. The van der Waals surface area contributed by atoms with Gasteiger partial charge in [-0.25, -0.2) is 13.1 Å². The van der Waals surface area contributed by atoms with E-state index in [9.17, 15) is 8.42 Å². The van der Waals surface area contributed by atoms with Gasteiger partial charge in [0, 0.05) is 63.3 Å². The fourth-order valence-electron chi connectivity index (χ4n) is 3.31. The zero-order chi connectivity index (χ0) is 21.5. The fourth-order valence-corrected chi connectivity index (χ4v) is 4.56. The molecule has 2 rings (SSSR count). The molecule has 0 aromatic heterocycles. The molecular weight excluding hydrogens is 392 g/mol. The molecule has 1 N–H and O–H groups in total. The van der Waals surface area contributed by atoms with E-state index >= 15 is 0 Å². The van der Waals surface area contributed by atoms with Crippen molar-refractivity contribution in [2.24, 2.45) is 0 Å². The van der Waals surface area contributed by atoms with E-state index in [1.807, 2.05) is 64.0 Å². The summed E-state index contributed by atoms with van der Waals surface area (Å²) >= 11 is 0. The number of nitrogens with one attached hydrogen (secondary N) is 1. The number of hydrogen-bond acceptors (Lipinski definition) is 6. The predicted molar refractivity (Wildman–Crippen MR) is 116 cm³/mol. The monoisotopic (exact) mass is 424 g/mol. The minimum Gasteiger partial charge on any atom is -0.377 e. The topological polar surface area (TPSA) is 77.1 Å². The first-order valence-corrected chi connectivity index (χ1v) is 11.4. The third kappa shape index (κ3) is 5.67. The standard InChI is InChI=1S/C21H32N2O5S/c1-6-26-21(27-7-2,28-8-3)15-16-22-29(24,25)20-14-10-11-17-18(20)12-9-13-19(17)23(4)5/h9-14,22H,6-8,15-16H2,1-5H3. The summed E-state index contributed by atoms with van der Waals surface area (Å²) in [7, 11) is 0.135. The van der Waals surface area contributed by atoms with E-state index in [1.165, 1.54) is 0 Å². The van der Waals surface area contributed by atoms with Crippen molar-refractivity contribution in [3.63, 3.8) is 0 Å². The van der Waals surface area contributed by atoms with Gasteiger partial charge in [-0.15, -0.1) is 0 Å². The van der Waals surface area contributed by atoms with Crippen molar-refractivity contribution in [3.8, 4) is 0 Å². The van der Waals surface area contributed by atoms with Gasteiger partial charge in [0.15, 0.2) is 0 Å². The molecule has 0 spiro atoms. The van der Waals surface area contributed by atoms with Gasteiger partial charge in [-0.05, 0) is 32.9 Å². The molecule has 0 saturated carbocycles. The van der Waals surface area contributed by atoms with Gasteiger partial charge in [0.2, 0.25) is 10.0 Å². The maximum absolute atomic E-state index is 13.0. The number of nitrogens with zero attached hydrogens (tertiary/aromatic N) is 1. The molecule has 0 saturated heterocycles. The van der Waals surface area contributed by atoms with Gasteiger partial charge < -0.3 is 19.1 Å². The van der Waals surface area contributed by atoms with Gasteiger partial charge in [-0.1, -0.05) is 24.3 Å². The maximum atomic E-state index is 13.0. The normalized spacial score (nSPS) is 12.4. The summed E-state index contributed by atoms with van der Waals surface area (Å²) in [6, 6.07) is 10.9. The molecule has 0 amide bonds. The summed E-state index contributed by atoms with van der Waals surface area (Å²) in [6.45, 7) is 6.82. The summed E-state index contributed by atoms with van der Waals surface area (Å²) in [5, 5.41) is 1.56. The van der Waals surface area contributed by atoms with Crippen molar-refractivity contribution in [1.82, 2.24) is 4.72 Å². The largest absolute Gasteiger partial charge is 0.377 e. The second-order valence-electron chi connectivity index (χ2n) is 6.65. The molecule has 0 unspecified atom stereocenters. The quantitative estimate of drug-likeness (QED) is 0.527. The summed E-state index contributed by atoms with van der Waals surface area (Å²) in [5.74, 6) is -1.25. The van der Waals surface area contributed by atoms with Crippen molar-refractivity contribution in [3.05, 3.63) is 36.4 Å². The highest BCUT2D eigenvalue weighted by Gasteiger charge is 2.33. The molecule has 0 heterocycles. The van der Waals surface area contributed by atoms with Crippen molar-refractivity contribution in [1.29, 1.82) is 0 Å². The van der Waals surface area contributed by atoms with Crippen LogP contribution in [-0.2, 0) is 24.2 Å². The number of sulfonamides is 1. The highest BCUT2D eigenvalue weighted by Crippen LogP contribution is 2.30. The van der Waals surface area contributed by atoms with Crippen LogP contribution in [-0.4, -0.2) is 54.9 Å². The van der Waals surface area contributed by atoms with Crippen LogP contribution in [0, 0.1) is 0 Å². The molecule has 162 valence electrons. The molecule has 0 bridgehead atoms. The molecular formula is C21H32N2O5S. The van der Waals surface area contributed by atoms with Crippen LogP contribution in [0.3, 0.4) is 0 Å². The van der Waals surface area contributed by atoms with E-state index in [0.29, 0.717) is 25.2 Å². The van der Waals surface area contributed by atoms with Gasteiger partial charge in [0.1, 0.15) is 0 Å². The number of ether oxygens (including phenoxy) is 3. The first kappa shape index (κ1) is 23.6. The fraction of sp³-hybridized carbons (Fsp3) is 0.524. The summed E-state index contributed by atoms with van der Waals surface area (Å²) in [5.41, 5.74) is 0.961. The Morgan fingerprint density at radius 3 is 2.00 bits per heavy atom. The number of fused-ring (bicyclic) bond motifs is 1. The first-order valence-electron chi connectivity index (χ1n) is 9.90. The number of benzene rings is 2. The summed E-state index contributed by atoms with van der Waals surface area (Å²) in [4.78, 5) is 2.21. The molecule has 29 heavy (non-hydrogen) atoms. The van der Waals surface area contributed by atoms with Crippen LogP contribution in [0.5, 0.6) is 0 Å². The molecule has 0 aliphatic heterocycles. The lowest BCUT2D eigenvalue weighted by atomic mass is 10.1. The zero-order valence-electron chi connectivity index (χ0n) is 17.9. The molecule has 8 heteroatoms. The smallest absolute Gasteiger partial charge is 0.284 e. The first-order chi connectivity index (χ1) is 13.8. The lowest BCUT2D eigenvalue weighted by molar-refractivity contribution is -0.378. The Morgan fingerprint density at radius 1 is 0.897 bits per heavy atom. The van der Waals surface area contributed by atoms with Crippen molar-refractivity contribution in [2.75, 3.05) is 45.4 Å². The number of anilines is 1. The van der Waals surface area contributed by atoms with Gasteiger partial charge in [0.05, 0.1) is 4.90 Å². The number of rotatable bonds is 12. The second-order valence-corrected chi connectivity index (χ2v) is 8.39. The Balaban J connectivity index is 2.27. The number of hydrogen-bond donors (Lipinski definition) is 1. The zero-order valence-corrected chi connectivity index (χ0v) is 18.7. The van der Waals surface area contributed by atoms with Crippen molar-refractivity contribution < 1.29 is 22.6 Å². The third-order valence-corrected chi connectivity index (χ3v) is 5.97. The van der Waals surface area contributed by atoms with Crippen LogP contribution in [0.25, 0.3) is 10.8 Å². The molecule has 2 aromatic rings. The van der Waals surface area contributed by atoms with Crippen molar-refractivity contribution in [2.45, 2.75) is 38.1 Å². The van der Waals surface area contributed by atoms with Gasteiger partial charge in [-0.3, -0.25) is 0 Å². The van der Waals surface area contributed by atoms with Crippen LogP contribution in [0.15, 0.2) is 41.3 Å². The Bertz CT molecular complexity index is 882. The summed E-state index contributed by atoms with van der Waals surface area (Å²) < 4.78 is 45.7. The maximum Gasteiger partial charge on any atom is 0.284 e. The van der Waals surface area contributed by atoms with Gasteiger partial charge >= 0.3 is 0 Å². The van der Waals surface area contributed by atoms with E-state index in [0.717, 1.165) is 11.1 Å². The third-order valence-electron chi connectivity index (χ3n) is 4.45. The van der Waals surface area contributed by atoms with E-state index in [4.69, 9.17) is 14.2 Å². The van der Waals surface area contributed by atoms with Gasteiger partial charge in [-0.2, -0.15) is 0 Å². The SMILES string of the molecule is CCOC(CCNS(=O)(=O)c1cccc2c(N(C)C)cccc12)(OCC)OCC. The van der Waals surface area contributed by atoms with Crippen LogP contribution in [0.4, 0.5) is 5.69 Å². The highest BCUT2D eigenvalue weighted by atomic mass is 32.2. The van der Waals surface area contributed by atoms with Crippen LogP contribution in [0.2, 0.25) is 0 Å². The molecule has 0 atom stereocenters. The van der Waals surface area contributed by atoms with Crippen LogP contribution < -0.4 is 9.62 Å². The molecule has 0 fully saturated rings. The Hall–Kier alpha value is -1.71. The molecule has 0 aliphatic carbocycles. The van der Waals surface area contributed by atoms with E-state index in [2.05, 4.69) is 4.72 Å². The lowest BCUT2D eigenvalue weighted by Crippen LogP contribution is -2.42.